The van der Waals surface area contributed by atoms with Gasteiger partial charge in [0, 0.05) is 16.7 Å². The minimum Gasteiger partial charge on any atom is -0.384 e. The Morgan fingerprint density at radius 1 is 1.00 bits per heavy atom. The number of rotatable bonds is 5. The number of benzene rings is 2. The molecule has 2 aromatic carbocycles. The van der Waals surface area contributed by atoms with Crippen molar-refractivity contribution in [3.63, 3.8) is 0 Å². The van der Waals surface area contributed by atoms with Gasteiger partial charge in [-0.25, -0.2) is 8.42 Å². The van der Waals surface area contributed by atoms with Gasteiger partial charge in [0.05, 0.1) is 10.6 Å². The van der Waals surface area contributed by atoms with Crippen LogP contribution in [-0.2, 0) is 9.84 Å². The molecule has 0 aliphatic heterocycles. The lowest BCUT2D eigenvalue weighted by atomic mass is 10.2. The summed E-state index contributed by atoms with van der Waals surface area (Å²) < 4.78 is 25.1. The van der Waals surface area contributed by atoms with Crippen molar-refractivity contribution in [1.29, 1.82) is 0 Å². The minimum absolute atomic E-state index is 0.0719. The average molecular weight is 354 g/mol. The highest BCUT2D eigenvalue weighted by Crippen LogP contribution is 2.16. The number of hydrogen-bond donors (Lipinski definition) is 1. The van der Waals surface area contributed by atoms with Gasteiger partial charge in [-0.1, -0.05) is 33.6 Å². The number of hydrogen-bond acceptors (Lipinski definition) is 3. The lowest BCUT2D eigenvalue weighted by molar-refractivity contribution is 0.596. The Morgan fingerprint density at radius 3 is 2.20 bits per heavy atom. The maximum absolute atomic E-state index is 12.1. The van der Waals surface area contributed by atoms with Gasteiger partial charge in [0.25, 0.3) is 0 Å². The van der Waals surface area contributed by atoms with Gasteiger partial charge in [0.2, 0.25) is 0 Å². The van der Waals surface area contributed by atoms with E-state index in [4.69, 9.17) is 0 Å². The monoisotopic (exact) mass is 353 g/mol. The van der Waals surface area contributed by atoms with Crippen LogP contribution >= 0.6 is 15.9 Å². The van der Waals surface area contributed by atoms with Gasteiger partial charge in [0.1, 0.15) is 0 Å². The van der Waals surface area contributed by atoms with E-state index in [2.05, 4.69) is 21.2 Å². The standard InChI is InChI=1S/C15H16BrNO2S/c1-12-2-6-14(7-3-12)17-10-11-20(18,19)15-8-4-13(16)5-9-15/h2-9,17H,10-11H2,1H3. The number of anilines is 1. The molecule has 0 fully saturated rings. The lowest BCUT2D eigenvalue weighted by Crippen LogP contribution is -2.15. The Labute approximate surface area is 128 Å². The Kier molecular flexibility index (Phi) is 4.83. The Morgan fingerprint density at radius 2 is 1.60 bits per heavy atom. The summed E-state index contributed by atoms with van der Waals surface area (Å²) >= 11 is 3.29. The van der Waals surface area contributed by atoms with Crippen molar-refractivity contribution in [2.45, 2.75) is 11.8 Å². The van der Waals surface area contributed by atoms with Crippen LogP contribution in [0.1, 0.15) is 5.56 Å². The molecule has 0 spiro atoms. The second kappa shape index (κ2) is 6.41. The molecule has 0 saturated carbocycles. The van der Waals surface area contributed by atoms with Gasteiger partial charge in [0.15, 0.2) is 9.84 Å². The molecule has 0 aromatic heterocycles. The normalized spacial score (nSPS) is 11.3. The molecule has 20 heavy (non-hydrogen) atoms. The first-order chi connectivity index (χ1) is 9.47. The van der Waals surface area contributed by atoms with E-state index in [1.165, 1.54) is 5.56 Å². The molecular weight excluding hydrogens is 338 g/mol. The first-order valence-electron chi connectivity index (χ1n) is 6.26. The third-order valence-electron chi connectivity index (χ3n) is 2.92. The largest absolute Gasteiger partial charge is 0.384 e. The van der Waals surface area contributed by atoms with E-state index in [9.17, 15) is 8.42 Å². The van der Waals surface area contributed by atoms with E-state index in [-0.39, 0.29) is 5.75 Å². The van der Waals surface area contributed by atoms with Crippen LogP contribution in [0.3, 0.4) is 0 Å². The highest BCUT2D eigenvalue weighted by molar-refractivity contribution is 9.10. The molecule has 0 unspecified atom stereocenters. The first kappa shape index (κ1) is 15.1. The van der Waals surface area contributed by atoms with Gasteiger partial charge in [-0.05, 0) is 43.3 Å². The van der Waals surface area contributed by atoms with Crippen LogP contribution in [0, 0.1) is 6.92 Å². The molecule has 2 aromatic rings. The maximum Gasteiger partial charge on any atom is 0.180 e. The molecule has 5 heteroatoms. The summed E-state index contributed by atoms with van der Waals surface area (Å²) in [5.41, 5.74) is 2.11. The number of nitrogens with one attached hydrogen (secondary N) is 1. The van der Waals surface area contributed by atoms with Crippen LogP contribution in [-0.4, -0.2) is 20.7 Å². The molecule has 0 radical (unpaired) electrons. The molecule has 3 nitrogen and oxygen atoms in total. The van der Waals surface area contributed by atoms with Crippen LogP contribution in [0.2, 0.25) is 0 Å². The molecule has 2 rings (SSSR count). The van der Waals surface area contributed by atoms with Crippen LogP contribution in [0.4, 0.5) is 5.69 Å². The predicted molar refractivity (Wildman–Crippen MR) is 85.9 cm³/mol. The number of aryl methyl sites for hydroxylation is 1. The minimum atomic E-state index is -3.24. The maximum atomic E-state index is 12.1. The van der Waals surface area contributed by atoms with Gasteiger partial charge in [-0.2, -0.15) is 0 Å². The van der Waals surface area contributed by atoms with Gasteiger partial charge in [-0.15, -0.1) is 0 Å². The second-order valence-electron chi connectivity index (χ2n) is 4.57. The third kappa shape index (κ3) is 4.08. The SMILES string of the molecule is Cc1ccc(NCCS(=O)(=O)c2ccc(Br)cc2)cc1. The van der Waals surface area contributed by atoms with Crippen molar-refractivity contribution in [2.24, 2.45) is 0 Å². The summed E-state index contributed by atoms with van der Waals surface area (Å²) in [6.07, 6.45) is 0. The topological polar surface area (TPSA) is 46.2 Å². The van der Waals surface area contributed by atoms with Crippen LogP contribution in [0.5, 0.6) is 0 Å². The highest BCUT2D eigenvalue weighted by Gasteiger charge is 2.13. The van der Waals surface area contributed by atoms with Gasteiger partial charge in [-0.3, -0.25) is 0 Å². The van der Waals surface area contributed by atoms with Gasteiger partial charge < -0.3 is 5.32 Å². The van der Waals surface area contributed by atoms with Crippen molar-refractivity contribution in [3.05, 3.63) is 58.6 Å². The second-order valence-corrected chi connectivity index (χ2v) is 7.59. The molecule has 0 heterocycles. The van der Waals surface area contributed by atoms with Crippen molar-refractivity contribution in [3.8, 4) is 0 Å². The van der Waals surface area contributed by atoms with Crippen molar-refractivity contribution >= 4 is 31.5 Å². The zero-order valence-corrected chi connectivity index (χ0v) is 13.5. The lowest BCUT2D eigenvalue weighted by Gasteiger charge is -2.08. The molecule has 1 N–H and O–H groups in total. The molecule has 0 aliphatic carbocycles. The van der Waals surface area contributed by atoms with Gasteiger partial charge >= 0.3 is 0 Å². The summed E-state index contributed by atoms with van der Waals surface area (Å²) in [5.74, 6) is 0.0719. The van der Waals surface area contributed by atoms with Crippen LogP contribution in [0.15, 0.2) is 57.9 Å². The van der Waals surface area contributed by atoms with Crippen molar-refractivity contribution in [2.75, 3.05) is 17.6 Å². The van der Waals surface area contributed by atoms with Crippen LogP contribution < -0.4 is 5.32 Å². The molecule has 0 amide bonds. The average Bonchev–Trinajstić information content (AvgIpc) is 2.41. The zero-order valence-electron chi connectivity index (χ0n) is 11.1. The fraction of sp³-hybridized carbons (Fsp3) is 0.200. The summed E-state index contributed by atoms with van der Waals surface area (Å²) in [6.45, 7) is 2.41. The fourth-order valence-corrected chi connectivity index (χ4v) is 3.18. The molecule has 0 saturated heterocycles. The Bertz CT molecular complexity index is 664. The first-order valence-corrected chi connectivity index (χ1v) is 8.71. The quantitative estimate of drug-likeness (QED) is 0.892. The summed E-state index contributed by atoms with van der Waals surface area (Å²) in [5, 5.41) is 3.12. The zero-order chi connectivity index (χ0) is 14.6. The molecule has 0 bridgehead atoms. The summed E-state index contributed by atoms with van der Waals surface area (Å²) in [6, 6.07) is 14.6. The van der Waals surface area contributed by atoms with Crippen molar-refractivity contribution < 1.29 is 8.42 Å². The van der Waals surface area contributed by atoms with E-state index in [1.54, 1.807) is 24.3 Å². The molecule has 0 atom stereocenters. The van der Waals surface area contributed by atoms with E-state index in [0.29, 0.717) is 11.4 Å². The Balaban J connectivity index is 1.96. The smallest absolute Gasteiger partial charge is 0.180 e. The van der Waals surface area contributed by atoms with E-state index in [0.717, 1.165) is 10.2 Å². The van der Waals surface area contributed by atoms with Crippen LogP contribution in [0.25, 0.3) is 0 Å². The molecule has 0 aliphatic rings. The Hall–Kier alpha value is -1.33. The predicted octanol–water partition coefficient (Wildman–Crippen LogP) is 3.64. The van der Waals surface area contributed by atoms with E-state index >= 15 is 0 Å². The highest BCUT2D eigenvalue weighted by atomic mass is 79.9. The van der Waals surface area contributed by atoms with E-state index in [1.807, 2.05) is 31.2 Å². The third-order valence-corrected chi connectivity index (χ3v) is 5.18. The fourth-order valence-electron chi connectivity index (χ4n) is 1.76. The number of halogens is 1. The summed E-state index contributed by atoms with van der Waals surface area (Å²) in [4.78, 5) is 0.353. The van der Waals surface area contributed by atoms with Crippen molar-refractivity contribution in [1.82, 2.24) is 0 Å². The van der Waals surface area contributed by atoms with E-state index < -0.39 is 9.84 Å². The summed E-state index contributed by atoms with van der Waals surface area (Å²) in [7, 11) is -3.24. The molecule has 106 valence electrons. The molecular formula is C15H16BrNO2S. The number of sulfone groups is 1.